The summed E-state index contributed by atoms with van der Waals surface area (Å²) in [4.78, 5) is 25.3. The number of hydrogen-bond acceptors (Lipinski definition) is 3. The highest BCUT2D eigenvalue weighted by Gasteiger charge is 2.17. The zero-order valence-electron chi connectivity index (χ0n) is 12.4. The van der Waals surface area contributed by atoms with E-state index in [1.165, 1.54) is 4.90 Å². The second-order valence-electron chi connectivity index (χ2n) is 5.31. The van der Waals surface area contributed by atoms with E-state index in [0.29, 0.717) is 11.3 Å². The molecule has 20 heavy (non-hydrogen) atoms. The number of nitrogens with zero attached hydrogens (tertiary/aromatic N) is 1. The number of benzene rings is 1. The molecule has 1 aromatic rings. The average Bonchev–Trinajstić information content (AvgIpc) is 2.38. The maximum Gasteiger partial charge on any atom is 0.255 e. The van der Waals surface area contributed by atoms with Gasteiger partial charge in [0.15, 0.2) is 0 Å². The van der Waals surface area contributed by atoms with Gasteiger partial charge in [-0.2, -0.15) is 0 Å². The molecule has 1 atom stereocenters. The van der Waals surface area contributed by atoms with Crippen LogP contribution >= 0.6 is 0 Å². The highest BCUT2D eigenvalue weighted by atomic mass is 16.3. The molecule has 2 amide bonds. The SMILES string of the molecule is CC(C)C(O)CC(=O)Nc1ccccc1C(=O)N(C)C. The number of carbonyl (C=O) groups excluding carboxylic acids is 2. The van der Waals surface area contributed by atoms with E-state index in [9.17, 15) is 14.7 Å². The number of amides is 2. The van der Waals surface area contributed by atoms with Gasteiger partial charge in [-0.05, 0) is 18.1 Å². The second-order valence-corrected chi connectivity index (χ2v) is 5.31. The van der Waals surface area contributed by atoms with Crippen LogP contribution in [0.15, 0.2) is 24.3 Å². The molecule has 0 aliphatic carbocycles. The third-order valence-corrected chi connectivity index (χ3v) is 3.00. The maximum absolute atomic E-state index is 12.0. The summed E-state index contributed by atoms with van der Waals surface area (Å²) in [5.74, 6) is -0.463. The molecule has 5 heteroatoms. The van der Waals surface area contributed by atoms with Crippen molar-refractivity contribution in [2.75, 3.05) is 19.4 Å². The molecule has 0 fully saturated rings. The zero-order valence-corrected chi connectivity index (χ0v) is 12.4. The number of hydrogen-bond donors (Lipinski definition) is 2. The maximum atomic E-state index is 12.0. The summed E-state index contributed by atoms with van der Waals surface area (Å²) in [5.41, 5.74) is 0.900. The van der Waals surface area contributed by atoms with Gasteiger partial charge in [0.2, 0.25) is 5.91 Å². The van der Waals surface area contributed by atoms with Crippen LogP contribution in [0.5, 0.6) is 0 Å². The van der Waals surface area contributed by atoms with Crippen molar-refractivity contribution in [1.82, 2.24) is 4.90 Å². The van der Waals surface area contributed by atoms with E-state index in [-0.39, 0.29) is 24.2 Å². The number of anilines is 1. The van der Waals surface area contributed by atoms with Crippen molar-refractivity contribution in [2.45, 2.75) is 26.4 Å². The minimum Gasteiger partial charge on any atom is -0.392 e. The largest absolute Gasteiger partial charge is 0.392 e. The Bertz CT molecular complexity index is 484. The van der Waals surface area contributed by atoms with Crippen molar-refractivity contribution >= 4 is 17.5 Å². The molecule has 0 aliphatic heterocycles. The number of rotatable bonds is 5. The Kier molecular flexibility index (Phi) is 5.70. The molecule has 0 bridgehead atoms. The predicted octanol–water partition coefficient (Wildman–Crippen LogP) is 1.73. The van der Waals surface area contributed by atoms with Crippen LogP contribution in [0.1, 0.15) is 30.6 Å². The summed E-state index contributed by atoms with van der Waals surface area (Å²) in [7, 11) is 3.31. The third kappa shape index (κ3) is 4.35. The standard InChI is InChI=1S/C15H22N2O3/c1-10(2)13(18)9-14(19)16-12-8-6-5-7-11(12)15(20)17(3)4/h5-8,10,13,18H,9H2,1-4H3,(H,16,19). The quantitative estimate of drug-likeness (QED) is 0.862. The molecule has 1 rings (SSSR count). The van der Waals surface area contributed by atoms with E-state index in [0.717, 1.165) is 0 Å². The van der Waals surface area contributed by atoms with Crippen LogP contribution in [0.4, 0.5) is 5.69 Å². The van der Waals surface area contributed by atoms with Gasteiger partial charge in [-0.25, -0.2) is 0 Å². The lowest BCUT2D eigenvalue weighted by Gasteiger charge is -2.17. The molecule has 1 unspecified atom stereocenters. The van der Waals surface area contributed by atoms with E-state index in [2.05, 4.69) is 5.32 Å². The Morgan fingerprint density at radius 3 is 2.40 bits per heavy atom. The Hall–Kier alpha value is -1.88. The van der Waals surface area contributed by atoms with Crippen molar-refractivity contribution < 1.29 is 14.7 Å². The van der Waals surface area contributed by atoms with E-state index in [1.807, 2.05) is 13.8 Å². The highest BCUT2D eigenvalue weighted by molar-refractivity contribution is 6.03. The van der Waals surface area contributed by atoms with Gasteiger partial charge >= 0.3 is 0 Å². The molecular weight excluding hydrogens is 256 g/mol. The smallest absolute Gasteiger partial charge is 0.255 e. The molecule has 1 aromatic carbocycles. The lowest BCUT2D eigenvalue weighted by atomic mass is 10.0. The first kappa shape index (κ1) is 16.2. The van der Waals surface area contributed by atoms with Crippen LogP contribution in [0.2, 0.25) is 0 Å². The van der Waals surface area contributed by atoms with Crippen molar-refractivity contribution in [3.05, 3.63) is 29.8 Å². The van der Waals surface area contributed by atoms with E-state index in [4.69, 9.17) is 0 Å². The van der Waals surface area contributed by atoms with Crippen LogP contribution in [-0.4, -0.2) is 42.0 Å². The third-order valence-electron chi connectivity index (χ3n) is 3.00. The molecule has 5 nitrogen and oxygen atoms in total. The van der Waals surface area contributed by atoms with Crippen molar-refractivity contribution in [3.63, 3.8) is 0 Å². The Balaban J connectivity index is 2.83. The molecule has 0 spiro atoms. The summed E-state index contributed by atoms with van der Waals surface area (Å²) in [5, 5.41) is 12.4. The van der Waals surface area contributed by atoms with Crippen LogP contribution in [0.3, 0.4) is 0 Å². The lowest BCUT2D eigenvalue weighted by molar-refractivity contribution is -0.118. The highest BCUT2D eigenvalue weighted by Crippen LogP contribution is 2.17. The molecule has 0 radical (unpaired) electrons. The van der Waals surface area contributed by atoms with Gasteiger partial charge in [-0.3, -0.25) is 9.59 Å². The van der Waals surface area contributed by atoms with Crippen molar-refractivity contribution in [3.8, 4) is 0 Å². The van der Waals surface area contributed by atoms with Crippen LogP contribution in [0.25, 0.3) is 0 Å². The second kappa shape index (κ2) is 7.05. The summed E-state index contributed by atoms with van der Waals surface area (Å²) < 4.78 is 0. The first-order valence-electron chi connectivity index (χ1n) is 6.61. The lowest BCUT2D eigenvalue weighted by Crippen LogP contribution is -2.26. The molecule has 0 saturated carbocycles. The first-order valence-corrected chi connectivity index (χ1v) is 6.61. The molecule has 110 valence electrons. The van der Waals surface area contributed by atoms with Gasteiger partial charge in [-0.1, -0.05) is 26.0 Å². The van der Waals surface area contributed by atoms with Crippen LogP contribution in [-0.2, 0) is 4.79 Å². The van der Waals surface area contributed by atoms with Crippen molar-refractivity contribution in [1.29, 1.82) is 0 Å². The number of aliphatic hydroxyl groups excluding tert-OH is 1. The fourth-order valence-corrected chi connectivity index (χ4v) is 1.65. The normalized spacial score (nSPS) is 12.1. The Morgan fingerprint density at radius 1 is 1.25 bits per heavy atom. The minimum atomic E-state index is -0.688. The molecule has 0 heterocycles. The van der Waals surface area contributed by atoms with Crippen LogP contribution < -0.4 is 5.32 Å². The van der Waals surface area contributed by atoms with E-state index >= 15 is 0 Å². The van der Waals surface area contributed by atoms with Crippen LogP contribution in [0, 0.1) is 5.92 Å². The summed E-state index contributed by atoms with van der Waals surface area (Å²) in [6.45, 7) is 3.70. The minimum absolute atomic E-state index is 0.0133. The van der Waals surface area contributed by atoms with Gasteiger partial charge in [0.05, 0.1) is 23.8 Å². The Morgan fingerprint density at radius 2 is 1.85 bits per heavy atom. The molecule has 2 N–H and O–H groups in total. The van der Waals surface area contributed by atoms with Gasteiger partial charge in [0.25, 0.3) is 5.91 Å². The summed E-state index contributed by atoms with van der Waals surface area (Å²) in [6.07, 6.45) is -0.672. The average molecular weight is 278 g/mol. The van der Waals surface area contributed by atoms with Crippen molar-refractivity contribution in [2.24, 2.45) is 5.92 Å². The van der Waals surface area contributed by atoms with Gasteiger partial charge in [-0.15, -0.1) is 0 Å². The number of carbonyl (C=O) groups is 2. The molecule has 0 saturated heterocycles. The molecule has 0 aromatic heterocycles. The summed E-state index contributed by atoms with van der Waals surface area (Å²) in [6, 6.07) is 6.84. The Labute approximate surface area is 119 Å². The molecular formula is C15H22N2O3. The number of aliphatic hydroxyl groups is 1. The van der Waals surface area contributed by atoms with E-state index < -0.39 is 6.10 Å². The van der Waals surface area contributed by atoms with Gasteiger partial charge < -0.3 is 15.3 Å². The predicted molar refractivity (Wildman–Crippen MR) is 78.6 cm³/mol. The van der Waals surface area contributed by atoms with E-state index in [1.54, 1.807) is 38.4 Å². The first-order chi connectivity index (χ1) is 9.32. The number of para-hydroxylation sites is 1. The summed E-state index contributed by atoms with van der Waals surface area (Å²) >= 11 is 0. The topological polar surface area (TPSA) is 69.6 Å². The fraction of sp³-hybridized carbons (Fsp3) is 0.467. The monoisotopic (exact) mass is 278 g/mol. The number of nitrogens with one attached hydrogen (secondary N) is 1. The van der Waals surface area contributed by atoms with Gasteiger partial charge in [0.1, 0.15) is 0 Å². The molecule has 0 aliphatic rings. The van der Waals surface area contributed by atoms with Gasteiger partial charge in [0, 0.05) is 14.1 Å². The zero-order chi connectivity index (χ0) is 15.3. The fourth-order valence-electron chi connectivity index (χ4n) is 1.65.